The van der Waals surface area contributed by atoms with Crippen molar-refractivity contribution in [2.45, 2.75) is 25.8 Å². The van der Waals surface area contributed by atoms with Gasteiger partial charge < -0.3 is 10.2 Å². The van der Waals surface area contributed by atoms with Gasteiger partial charge in [-0.15, -0.1) is 0 Å². The molecule has 0 aromatic heterocycles. The highest BCUT2D eigenvalue weighted by Crippen LogP contribution is 2.34. The highest BCUT2D eigenvalue weighted by Gasteiger charge is 2.40. The van der Waals surface area contributed by atoms with E-state index in [-0.39, 0.29) is 23.6 Å². The van der Waals surface area contributed by atoms with Crippen molar-refractivity contribution >= 4 is 34.6 Å². The molecule has 0 saturated heterocycles. The molecular formula is C24H21FN4O4. The third kappa shape index (κ3) is 4.00. The lowest BCUT2D eigenvalue weighted by Gasteiger charge is -2.29. The van der Waals surface area contributed by atoms with Crippen molar-refractivity contribution in [1.29, 1.82) is 0 Å². The van der Waals surface area contributed by atoms with E-state index >= 15 is 0 Å². The number of nitrogens with one attached hydrogen (secondary N) is 1. The normalized spacial score (nSPS) is 21.2. The molecule has 168 valence electrons. The molecule has 4 rings (SSSR count). The largest absolute Gasteiger partial charge is 0.507 e. The van der Waals surface area contributed by atoms with E-state index < -0.39 is 23.2 Å². The molecule has 9 heteroatoms. The van der Waals surface area contributed by atoms with Crippen LogP contribution in [-0.4, -0.2) is 39.1 Å². The van der Waals surface area contributed by atoms with Gasteiger partial charge in [-0.25, -0.2) is 9.18 Å². The molecule has 0 radical (unpaired) electrons. The van der Waals surface area contributed by atoms with Gasteiger partial charge in [0.2, 0.25) is 0 Å². The van der Waals surface area contributed by atoms with Crippen LogP contribution in [0.1, 0.15) is 24.5 Å². The molecule has 33 heavy (non-hydrogen) atoms. The number of aromatic hydroxyl groups is 1. The number of hydrogen-bond acceptors (Lipinski definition) is 6. The lowest BCUT2D eigenvalue weighted by molar-refractivity contribution is -0.142. The van der Waals surface area contributed by atoms with E-state index in [0.29, 0.717) is 22.4 Å². The van der Waals surface area contributed by atoms with E-state index in [4.69, 9.17) is 0 Å². The maximum Gasteiger partial charge on any atom is 0.335 e. The summed E-state index contributed by atoms with van der Waals surface area (Å²) >= 11 is 0. The Morgan fingerprint density at radius 2 is 2.00 bits per heavy atom. The number of anilines is 1. The first kappa shape index (κ1) is 21.9. The molecule has 1 atom stereocenters. The molecule has 1 aliphatic heterocycles. The predicted octanol–water partition coefficient (Wildman–Crippen LogP) is 3.37. The fourth-order valence-corrected chi connectivity index (χ4v) is 3.67. The van der Waals surface area contributed by atoms with Gasteiger partial charge >= 0.3 is 11.9 Å². The number of carboxylic acid groups (broad SMARTS) is 1. The molecule has 1 unspecified atom stereocenters. The van der Waals surface area contributed by atoms with E-state index in [0.717, 1.165) is 5.01 Å². The number of carbonyl (C=O) groups is 2. The summed E-state index contributed by atoms with van der Waals surface area (Å²) in [4.78, 5) is 25.2. The lowest BCUT2D eigenvalue weighted by atomic mass is 9.84. The van der Waals surface area contributed by atoms with Crippen LogP contribution < -0.4 is 10.4 Å². The summed E-state index contributed by atoms with van der Waals surface area (Å²) in [5, 5.41) is 29.6. The van der Waals surface area contributed by atoms with Crippen molar-refractivity contribution in [3.8, 4) is 5.75 Å². The Bertz CT molecular complexity index is 1280. The van der Waals surface area contributed by atoms with Crippen LogP contribution >= 0.6 is 0 Å². The second-order valence-electron chi connectivity index (χ2n) is 7.83. The minimum Gasteiger partial charge on any atom is -0.507 e. The Morgan fingerprint density at radius 3 is 2.70 bits per heavy atom. The number of allylic oxidation sites excluding steroid dienone is 2. The van der Waals surface area contributed by atoms with Crippen molar-refractivity contribution in [2.75, 3.05) is 5.01 Å². The number of phenolic OH excluding ortho intramolecular Hbond substituents is 1. The molecular weight excluding hydrogens is 427 g/mol. The number of aryl methyl sites for hydroxylation is 1. The molecule has 3 N–H and O–H groups in total. The highest BCUT2D eigenvalue weighted by atomic mass is 19.1. The van der Waals surface area contributed by atoms with Gasteiger partial charge in [-0.05, 0) is 55.3 Å². The van der Waals surface area contributed by atoms with Crippen molar-refractivity contribution in [2.24, 2.45) is 10.2 Å². The van der Waals surface area contributed by atoms with Gasteiger partial charge in [0.1, 0.15) is 11.6 Å². The quantitative estimate of drug-likeness (QED) is 0.607. The third-order valence-electron chi connectivity index (χ3n) is 5.52. The van der Waals surface area contributed by atoms with Gasteiger partial charge in [0, 0.05) is 12.0 Å². The zero-order valence-corrected chi connectivity index (χ0v) is 17.9. The van der Waals surface area contributed by atoms with Gasteiger partial charge in [-0.3, -0.25) is 10.2 Å². The summed E-state index contributed by atoms with van der Waals surface area (Å²) < 4.78 is 13.6. The Balaban J connectivity index is 1.61. The minimum atomic E-state index is -1.64. The van der Waals surface area contributed by atoms with Crippen LogP contribution in [0.2, 0.25) is 0 Å². The molecule has 2 aromatic carbocycles. The summed E-state index contributed by atoms with van der Waals surface area (Å²) in [7, 11) is 0. The zero-order valence-electron chi connectivity index (χ0n) is 17.9. The molecule has 0 bridgehead atoms. The van der Waals surface area contributed by atoms with E-state index in [9.17, 15) is 24.2 Å². The van der Waals surface area contributed by atoms with Crippen molar-refractivity contribution in [3.63, 3.8) is 0 Å². The predicted molar refractivity (Wildman–Crippen MR) is 123 cm³/mol. The van der Waals surface area contributed by atoms with Crippen molar-refractivity contribution in [3.05, 3.63) is 77.6 Å². The molecule has 1 aliphatic carbocycles. The van der Waals surface area contributed by atoms with Crippen molar-refractivity contribution in [1.82, 2.24) is 5.43 Å². The SMILES string of the molecule is CC1=NN(c2ccc(F)c(C)c2)C(=O)C1=NNC1(C(=O)O)C=CC=C(c2ccccc2O)C1. The molecule has 0 spiro atoms. The highest BCUT2D eigenvalue weighted by molar-refractivity contribution is 6.71. The maximum absolute atomic E-state index is 13.6. The molecule has 1 heterocycles. The smallest absolute Gasteiger partial charge is 0.335 e. The lowest BCUT2D eigenvalue weighted by Crippen LogP contribution is -2.50. The molecule has 2 aromatic rings. The standard InChI is InChI=1S/C24H21FN4O4/c1-14-12-17(9-10-19(14)25)29-22(31)21(15(2)27-29)26-28-24(23(32)33)11-5-6-16(13-24)18-7-3-4-8-20(18)30/h3-12,28,30H,13H2,1-2H3,(H,32,33). The number of amides is 1. The van der Waals surface area contributed by atoms with Crippen LogP contribution in [-0.2, 0) is 9.59 Å². The van der Waals surface area contributed by atoms with E-state index in [1.807, 2.05) is 0 Å². The second-order valence-corrected chi connectivity index (χ2v) is 7.83. The Morgan fingerprint density at radius 1 is 1.24 bits per heavy atom. The van der Waals surface area contributed by atoms with Crippen LogP contribution in [0.3, 0.4) is 0 Å². The first-order valence-corrected chi connectivity index (χ1v) is 10.1. The number of benzene rings is 2. The molecule has 1 amide bonds. The number of rotatable bonds is 5. The van der Waals surface area contributed by atoms with Crippen LogP contribution in [0.25, 0.3) is 5.57 Å². The molecule has 0 fully saturated rings. The number of phenols is 1. The second kappa shape index (κ2) is 8.34. The number of halogens is 1. The van der Waals surface area contributed by atoms with Gasteiger partial charge in [-0.2, -0.15) is 15.2 Å². The fourth-order valence-electron chi connectivity index (χ4n) is 3.67. The van der Waals surface area contributed by atoms with Crippen LogP contribution in [0, 0.1) is 12.7 Å². The molecule has 8 nitrogen and oxygen atoms in total. The average Bonchev–Trinajstić information content (AvgIpc) is 3.08. The number of aliphatic carboxylic acids is 1. The third-order valence-corrected chi connectivity index (χ3v) is 5.52. The Kier molecular flexibility index (Phi) is 5.55. The number of carboxylic acids is 1. The van der Waals surface area contributed by atoms with Crippen LogP contribution in [0.15, 0.2) is 70.9 Å². The van der Waals surface area contributed by atoms with Gasteiger partial charge in [0.25, 0.3) is 0 Å². The van der Waals surface area contributed by atoms with E-state index in [1.54, 1.807) is 44.2 Å². The average molecular weight is 448 g/mol. The van der Waals surface area contributed by atoms with Crippen LogP contribution in [0.5, 0.6) is 5.75 Å². The number of nitrogens with zero attached hydrogens (tertiary/aromatic N) is 3. The minimum absolute atomic E-state index is 0.0154. The Hall–Kier alpha value is -4.27. The van der Waals surface area contributed by atoms with Gasteiger partial charge in [0.05, 0.1) is 11.4 Å². The monoisotopic (exact) mass is 448 g/mol. The topological polar surface area (TPSA) is 115 Å². The van der Waals surface area contributed by atoms with Crippen molar-refractivity contribution < 1.29 is 24.2 Å². The number of hydrogen-bond donors (Lipinski definition) is 3. The summed E-state index contributed by atoms with van der Waals surface area (Å²) in [6, 6.07) is 10.8. The number of hydrazone groups is 2. The van der Waals surface area contributed by atoms with Gasteiger partial charge in [0.15, 0.2) is 11.3 Å². The summed E-state index contributed by atoms with van der Waals surface area (Å²) in [6.45, 7) is 3.15. The number of para-hydroxylation sites is 1. The summed E-state index contributed by atoms with van der Waals surface area (Å²) in [5.41, 5.74) is 3.07. The zero-order chi connectivity index (χ0) is 23.8. The molecule has 0 saturated carbocycles. The van der Waals surface area contributed by atoms with Crippen LogP contribution in [0.4, 0.5) is 10.1 Å². The van der Waals surface area contributed by atoms with E-state index in [1.165, 1.54) is 30.3 Å². The maximum atomic E-state index is 13.6. The fraction of sp³-hybridized carbons (Fsp3) is 0.167. The first-order chi connectivity index (χ1) is 15.7. The summed E-state index contributed by atoms with van der Waals surface area (Å²) in [5.74, 6) is -2.13. The Labute approximate surface area is 189 Å². The summed E-state index contributed by atoms with van der Waals surface area (Å²) in [6.07, 6.45) is 4.71. The first-order valence-electron chi connectivity index (χ1n) is 10.1. The van der Waals surface area contributed by atoms with Gasteiger partial charge in [-0.1, -0.05) is 30.4 Å². The number of carbonyl (C=O) groups excluding carboxylic acids is 1. The molecule has 2 aliphatic rings. The van der Waals surface area contributed by atoms with E-state index in [2.05, 4.69) is 15.6 Å².